The second kappa shape index (κ2) is 6.67. The van der Waals surface area contributed by atoms with Crippen LogP contribution in [0, 0.1) is 10.4 Å². The summed E-state index contributed by atoms with van der Waals surface area (Å²) in [4.78, 5) is 19.0. The average Bonchev–Trinajstić information content (AvgIpc) is 2.51. The van der Waals surface area contributed by atoms with Crippen molar-refractivity contribution in [3.05, 3.63) is 10.4 Å². The summed E-state index contributed by atoms with van der Waals surface area (Å²) in [7, 11) is 1.01. The van der Waals surface area contributed by atoms with Crippen LogP contribution >= 0.6 is 0 Å². The van der Waals surface area contributed by atoms with E-state index in [0.29, 0.717) is 0 Å². The third-order valence-corrected chi connectivity index (χ3v) is 2.54. The predicted molar refractivity (Wildman–Crippen MR) is 85.8 cm³/mol. The molecule has 2 N–H and O–H groups in total. The molecule has 0 atom stereocenters. The van der Waals surface area contributed by atoms with Crippen molar-refractivity contribution in [2.45, 2.75) is 0 Å². The molecule has 0 radical (unpaired) electrons. The van der Waals surface area contributed by atoms with Crippen LogP contribution in [0.4, 0.5) is 34.1 Å². The first-order valence-electron chi connectivity index (χ1n) is 5.33. The van der Waals surface area contributed by atoms with Crippen LogP contribution in [-0.2, 0) is 4.84 Å². The highest BCUT2D eigenvalue weighted by Crippen LogP contribution is 2.54. The van der Waals surface area contributed by atoms with Gasteiger partial charge in [0.05, 0.1) is 18.5 Å². The minimum atomic E-state index is -0.343. The summed E-state index contributed by atoms with van der Waals surface area (Å²) in [6, 6.07) is 0. The fraction of sp³-hybridized carbons (Fsp3) is 0.0909. The maximum absolute atomic E-state index is 12.0. The molecule has 1 aromatic rings. The Balaban J connectivity index is 3.88. The molecule has 0 aliphatic rings. The smallest absolute Gasteiger partial charge is 0.118 e. The van der Waals surface area contributed by atoms with Crippen LogP contribution in [-0.4, -0.2) is 39.3 Å². The third-order valence-electron chi connectivity index (χ3n) is 2.54. The lowest BCUT2D eigenvalue weighted by atomic mass is 10.1. The van der Waals surface area contributed by atoms with E-state index in [4.69, 9.17) is 5.73 Å². The van der Waals surface area contributed by atoms with Crippen molar-refractivity contribution in [2.24, 2.45) is 20.0 Å². The highest BCUT2D eigenvalue weighted by molar-refractivity contribution is 6.04. The van der Waals surface area contributed by atoms with E-state index in [1.54, 1.807) is 0 Å². The molecule has 0 aromatic heterocycles. The van der Waals surface area contributed by atoms with Crippen LogP contribution in [0.3, 0.4) is 0 Å². The van der Waals surface area contributed by atoms with Gasteiger partial charge in [0.25, 0.3) is 0 Å². The van der Waals surface area contributed by atoms with E-state index in [-0.39, 0.29) is 44.6 Å². The van der Waals surface area contributed by atoms with E-state index in [2.05, 4.69) is 51.7 Å². The van der Waals surface area contributed by atoms with Crippen molar-refractivity contribution >= 4 is 61.0 Å². The zero-order valence-electron chi connectivity index (χ0n) is 11.3. The number of nitrogens with zero attached hydrogens (tertiary/aromatic N) is 6. The molecule has 0 saturated carbocycles. The molecule has 0 amide bonds. The zero-order valence-corrected chi connectivity index (χ0v) is 11.3. The van der Waals surface area contributed by atoms with Gasteiger partial charge in [-0.1, -0.05) is 0 Å². The van der Waals surface area contributed by atoms with Gasteiger partial charge in [-0.15, -0.1) is 0 Å². The number of nitrogen functional groups attached to an aromatic ring is 1. The van der Waals surface area contributed by atoms with Crippen molar-refractivity contribution in [1.82, 2.24) is 5.34 Å². The Kier molecular flexibility index (Phi) is 5.21. The molecule has 0 fully saturated rings. The fourth-order valence-electron chi connectivity index (χ4n) is 1.66. The molecule has 0 heterocycles. The lowest BCUT2D eigenvalue weighted by Crippen LogP contribution is -2.32. The summed E-state index contributed by atoms with van der Waals surface area (Å²) in [6.45, 7) is 13.3. The molecule has 0 spiro atoms. The molecule has 0 aliphatic heterocycles. The summed E-state index contributed by atoms with van der Waals surface area (Å²) in [5.74, 6) is 0. The normalized spacial score (nSPS) is 10.3. The van der Waals surface area contributed by atoms with Gasteiger partial charge in [0.15, 0.2) is 0 Å². The summed E-state index contributed by atoms with van der Waals surface area (Å²) in [6.07, 6.45) is 0. The molecule has 0 saturated heterocycles. The van der Waals surface area contributed by atoms with Crippen molar-refractivity contribution in [1.29, 1.82) is 0 Å². The highest BCUT2D eigenvalue weighted by Gasteiger charge is 2.22. The Bertz CT molecular complexity index is 602. The quantitative estimate of drug-likeness (QED) is 0.464. The van der Waals surface area contributed by atoms with E-state index in [1.165, 1.54) is 0 Å². The van der Waals surface area contributed by atoms with Gasteiger partial charge in [0, 0.05) is 0 Å². The molecule has 1 aromatic carbocycles. The molecule has 1 rings (SSSR count). The van der Waals surface area contributed by atoms with Crippen LogP contribution in [0.5, 0.6) is 0 Å². The van der Waals surface area contributed by atoms with Crippen LogP contribution in [0.25, 0.3) is 0 Å². The number of benzene rings is 1. The summed E-state index contributed by atoms with van der Waals surface area (Å²) in [5.41, 5.74) is 5.34. The minimum absolute atomic E-state index is 0.0326. The summed E-state index contributed by atoms with van der Waals surface area (Å²) < 4.78 is 0. The Morgan fingerprint density at radius 2 is 1.38 bits per heavy atom. The Hall–Kier alpha value is -2.66. The van der Waals surface area contributed by atoms with Gasteiger partial charge in [-0.05, 0) is 26.9 Å². The molecule has 0 unspecified atom stereocenters. The molecule has 0 bridgehead atoms. The maximum atomic E-state index is 12.0. The van der Waals surface area contributed by atoms with Gasteiger partial charge in [-0.3, -0.25) is 24.8 Å². The van der Waals surface area contributed by atoms with Crippen LogP contribution < -0.4 is 10.9 Å². The molecule has 10 nitrogen and oxygen atoms in total. The second-order valence-corrected chi connectivity index (χ2v) is 3.48. The van der Waals surface area contributed by atoms with Crippen molar-refractivity contribution in [3.8, 4) is 0 Å². The number of aliphatic imine (C=N–C) groups is 4. The van der Waals surface area contributed by atoms with Gasteiger partial charge in [-0.2, -0.15) is 5.34 Å². The number of nitrogens with two attached hydrogens (primary N) is 1. The first-order chi connectivity index (χ1) is 9.98. The van der Waals surface area contributed by atoms with Crippen molar-refractivity contribution in [2.75, 3.05) is 18.0 Å². The number of rotatable bonds is 7. The van der Waals surface area contributed by atoms with Crippen LogP contribution in [0.1, 0.15) is 0 Å². The first-order valence-corrected chi connectivity index (χ1v) is 5.33. The number of hydrogen-bond donors (Lipinski definition) is 1. The van der Waals surface area contributed by atoms with E-state index in [1.807, 2.05) is 0 Å². The fourth-order valence-corrected chi connectivity index (χ4v) is 1.66. The van der Waals surface area contributed by atoms with E-state index in [0.717, 1.165) is 7.11 Å². The zero-order chi connectivity index (χ0) is 16.2. The Morgan fingerprint density at radius 1 is 0.905 bits per heavy atom. The predicted octanol–water partition coefficient (Wildman–Crippen LogP) is 2.18. The average molecular weight is 291 g/mol. The van der Waals surface area contributed by atoms with Crippen molar-refractivity contribution < 1.29 is 4.84 Å². The third kappa shape index (κ3) is 2.64. The molecule has 112 valence electrons. The largest absolute Gasteiger partial charge is 0.744 e. The minimum Gasteiger partial charge on any atom is -0.744 e. The SMILES string of the molecule is C=Nc1c(N)c(N=C)c(N([O-])N([O-])OC)c(N=C)c1N=C. The Labute approximate surface area is 120 Å². The standard InChI is InChI=1S/C11H13N7O3/c1-13-7-6(12)8(14-2)11(17(19)18(20)21-5)10(16-4)9(7)15-3/h1-4,12H2,5H3/q-2. The van der Waals surface area contributed by atoms with Crippen LogP contribution in [0.2, 0.25) is 0 Å². The monoisotopic (exact) mass is 291 g/mol. The second-order valence-electron chi connectivity index (χ2n) is 3.48. The van der Waals surface area contributed by atoms with Gasteiger partial charge in [0.1, 0.15) is 22.7 Å². The number of hydrogen-bond acceptors (Lipinski definition) is 10. The molecular formula is C11H13N7O3-2. The van der Waals surface area contributed by atoms with Crippen LogP contribution in [0.15, 0.2) is 20.0 Å². The summed E-state index contributed by atoms with van der Waals surface area (Å²) in [5, 5.41) is 22.9. The molecule has 21 heavy (non-hydrogen) atoms. The molecular weight excluding hydrogens is 278 g/mol. The molecule has 0 aliphatic carbocycles. The van der Waals surface area contributed by atoms with Crippen molar-refractivity contribution in [3.63, 3.8) is 0 Å². The summed E-state index contributed by atoms with van der Waals surface area (Å²) >= 11 is 0. The topological polar surface area (TPSA) is 137 Å². The lowest BCUT2D eigenvalue weighted by molar-refractivity contribution is -0.0891. The molecule has 10 heteroatoms. The van der Waals surface area contributed by atoms with Gasteiger partial charge >= 0.3 is 0 Å². The number of anilines is 2. The van der Waals surface area contributed by atoms with E-state index >= 15 is 0 Å². The lowest BCUT2D eigenvalue weighted by Gasteiger charge is -2.44. The van der Waals surface area contributed by atoms with E-state index < -0.39 is 0 Å². The number of hydrazine groups is 1. The van der Waals surface area contributed by atoms with Gasteiger partial charge in [0.2, 0.25) is 0 Å². The van der Waals surface area contributed by atoms with E-state index in [9.17, 15) is 10.4 Å². The van der Waals surface area contributed by atoms with Gasteiger partial charge < -0.3 is 21.3 Å². The Morgan fingerprint density at radius 3 is 1.76 bits per heavy atom. The van der Waals surface area contributed by atoms with Gasteiger partial charge in [-0.25, -0.2) is 0 Å². The first kappa shape index (κ1) is 16.4. The maximum Gasteiger partial charge on any atom is 0.118 e. The highest BCUT2D eigenvalue weighted by atomic mass is 17.0.